The topological polar surface area (TPSA) is 59.0 Å². The Morgan fingerprint density at radius 1 is 1.18 bits per heavy atom. The molecule has 1 N–H and O–H groups in total. The maximum atomic E-state index is 12.9. The molecule has 2 aromatic rings. The Morgan fingerprint density at radius 3 is 2.50 bits per heavy atom. The van der Waals surface area contributed by atoms with E-state index in [1.54, 1.807) is 18.2 Å². The summed E-state index contributed by atoms with van der Waals surface area (Å²) in [5, 5.41) is 9.97. The number of hydrogen-bond donors (Lipinski definition) is 1. The molecular weight excluding hydrogens is 462 g/mol. The van der Waals surface area contributed by atoms with Crippen LogP contribution < -0.4 is 14.4 Å². The van der Waals surface area contributed by atoms with Gasteiger partial charge < -0.3 is 14.6 Å². The van der Waals surface area contributed by atoms with E-state index in [0.29, 0.717) is 43.9 Å². The van der Waals surface area contributed by atoms with Crippen molar-refractivity contribution in [2.24, 2.45) is 0 Å². The fourth-order valence-electron chi connectivity index (χ4n) is 2.63. The third kappa shape index (κ3) is 4.34. The number of phenols is 1. The van der Waals surface area contributed by atoms with E-state index in [0.717, 1.165) is 5.75 Å². The first-order chi connectivity index (χ1) is 13.4. The van der Waals surface area contributed by atoms with Gasteiger partial charge in [-0.1, -0.05) is 39.9 Å². The monoisotopic (exact) mass is 479 g/mol. The number of hydrogen-bond acceptors (Lipinski definition) is 6. The Labute approximate surface area is 181 Å². The van der Waals surface area contributed by atoms with Crippen LogP contribution in [0.2, 0.25) is 0 Å². The molecule has 0 saturated carbocycles. The number of halogens is 1. The van der Waals surface area contributed by atoms with Gasteiger partial charge in [0.2, 0.25) is 0 Å². The molecule has 2 aromatic carbocycles. The van der Waals surface area contributed by atoms with Crippen LogP contribution in [0.4, 0.5) is 5.69 Å². The third-order valence-corrected chi connectivity index (χ3v) is 5.85. The molecule has 146 valence electrons. The van der Waals surface area contributed by atoms with Crippen molar-refractivity contribution in [3.8, 4) is 17.2 Å². The van der Waals surface area contributed by atoms with Crippen molar-refractivity contribution in [3.63, 3.8) is 0 Å². The molecule has 28 heavy (non-hydrogen) atoms. The maximum Gasteiger partial charge on any atom is 0.270 e. The zero-order valence-corrected chi connectivity index (χ0v) is 18.5. The molecule has 5 nitrogen and oxygen atoms in total. The van der Waals surface area contributed by atoms with E-state index < -0.39 is 0 Å². The first-order valence-corrected chi connectivity index (χ1v) is 10.6. The van der Waals surface area contributed by atoms with E-state index in [1.165, 1.54) is 16.7 Å². The van der Waals surface area contributed by atoms with Crippen molar-refractivity contribution < 1.29 is 19.4 Å². The number of thiocarbonyl (C=S) groups is 1. The second kappa shape index (κ2) is 8.98. The number of benzene rings is 2. The summed E-state index contributed by atoms with van der Waals surface area (Å²) in [7, 11) is 0. The van der Waals surface area contributed by atoms with Gasteiger partial charge in [-0.05, 0) is 61.9 Å². The van der Waals surface area contributed by atoms with Crippen LogP contribution in [0.25, 0.3) is 6.08 Å². The van der Waals surface area contributed by atoms with Crippen molar-refractivity contribution in [3.05, 3.63) is 51.3 Å². The van der Waals surface area contributed by atoms with Gasteiger partial charge in [0.25, 0.3) is 5.91 Å². The van der Waals surface area contributed by atoms with E-state index in [9.17, 15) is 9.90 Å². The summed E-state index contributed by atoms with van der Waals surface area (Å²) in [5.41, 5.74) is 1.41. The number of rotatable bonds is 6. The van der Waals surface area contributed by atoms with E-state index in [1.807, 2.05) is 38.1 Å². The molecule has 0 aromatic heterocycles. The molecule has 0 spiro atoms. The average Bonchev–Trinajstić information content (AvgIpc) is 2.94. The highest BCUT2D eigenvalue weighted by Gasteiger charge is 2.33. The number of anilines is 1. The van der Waals surface area contributed by atoms with Crippen molar-refractivity contribution in [2.75, 3.05) is 18.1 Å². The molecule has 1 amide bonds. The van der Waals surface area contributed by atoms with Gasteiger partial charge in [0.1, 0.15) is 5.75 Å². The molecule has 1 saturated heterocycles. The van der Waals surface area contributed by atoms with Gasteiger partial charge in [0.15, 0.2) is 15.8 Å². The van der Waals surface area contributed by atoms with Gasteiger partial charge in [-0.3, -0.25) is 9.69 Å². The van der Waals surface area contributed by atoms with Crippen LogP contribution in [0.15, 0.2) is 45.8 Å². The standard InChI is InChI=1S/C20H18BrNO4S2/c1-3-25-14-7-5-13(6-8-14)22-19(24)18(28-20(22)27)10-12-9-17(26-4-2)16(23)11-15(12)21/h5-11,23H,3-4H2,1-2H3/b18-10-. The van der Waals surface area contributed by atoms with Crippen LogP contribution in [0.1, 0.15) is 19.4 Å². The van der Waals surface area contributed by atoms with Gasteiger partial charge in [0.05, 0.1) is 23.8 Å². The molecule has 1 aliphatic rings. The lowest BCUT2D eigenvalue weighted by atomic mass is 10.1. The first-order valence-electron chi connectivity index (χ1n) is 8.60. The highest BCUT2D eigenvalue weighted by atomic mass is 79.9. The summed E-state index contributed by atoms with van der Waals surface area (Å²) in [6.07, 6.45) is 1.74. The quantitative estimate of drug-likeness (QED) is 0.444. The third-order valence-electron chi connectivity index (χ3n) is 3.86. The Kier molecular flexibility index (Phi) is 6.64. The number of carbonyl (C=O) groups excluding carboxylic acids is 1. The smallest absolute Gasteiger partial charge is 0.270 e. The minimum absolute atomic E-state index is 0.0350. The highest BCUT2D eigenvalue weighted by Crippen LogP contribution is 2.39. The van der Waals surface area contributed by atoms with Gasteiger partial charge in [-0.2, -0.15) is 0 Å². The first kappa shape index (κ1) is 20.7. The minimum Gasteiger partial charge on any atom is -0.504 e. The molecule has 1 heterocycles. The highest BCUT2D eigenvalue weighted by molar-refractivity contribution is 9.10. The van der Waals surface area contributed by atoms with Gasteiger partial charge in [0, 0.05) is 4.47 Å². The molecule has 0 radical (unpaired) electrons. The number of amides is 1. The number of thioether (sulfide) groups is 1. The van der Waals surface area contributed by atoms with Crippen molar-refractivity contribution in [2.45, 2.75) is 13.8 Å². The molecule has 0 aliphatic carbocycles. The molecule has 3 rings (SSSR count). The molecular formula is C20H18BrNO4S2. The largest absolute Gasteiger partial charge is 0.504 e. The van der Waals surface area contributed by atoms with Crippen LogP contribution in [-0.2, 0) is 4.79 Å². The zero-order valence-electron chi connectivity index (χ0n) is 15.3. The number of carbonyl (C=O) groups is 1. The maximum absolute atomic E-state index is 12.9. The molecule has 0 unspecified atom stereocenters. The second-order valence-electron chi connectivity index (χ2n) is 5.72. The van der Waals surface area contributed by atoms with Gasteiger partial charge in [-0.25, -0.2) is 0 Å². The number of ether oxygens (including phenoxy) is 2. The lowest BCUT2D eigenvalue weighted by Gasteiger charge is -2.15. The number of aromatic hydroxyl groups is 1. The molecule has 1 fully saturated rings. The zero-order chi connectivity index (χ0) is 20.3. The lowest BCUT2D eigenvalue weighted by molar-refractivity contribution is -0.113. The second-order valence-corrected chi connectivity index (χ2v) is 8.25. The summed E-state index contributed by atoms with van der Waals surface area (Å²) in [6, 6.07) is 10.5. The normalized spacial score (nSPS) is 15.4. The van der Waals surface area contributed by atoms with Crippen LogP contribution >= 0.6 is 39.9 Å². The Balaban J connectivity index is 1.90. The summed E-state index contributed by atoms with van der Waals surface area (Å²) >= 11 is 10.1. The molecule has 0 atom stereocenters. The fourth-order valence-corrected chi connectivity index (χ4v) is 4.37. The van der Waals surface area contributed by atoms with Crippen LogP contribution in [0.3, 0.4) is 0 Å². The lowest BCUT2D eigenvalue weighted by Crippen LogP contribution is -2.27. The SMILES string of the molecule is CCOc1ccc(N2C(=O)/C(=C/c3cc(OCC)c(O)cc3Br)SC2=S)cc1. The summed E-state index contributed by atoms with van der Waals surface area (Å²) < 4.78 is 12.0. The fraction of sp³-hybridized carbons (Fsp3) is 0.200. The van der Waals surface area contributed by atoms with E-state index in [2.05, 4.69) is 15.9 Å². The van der Waals surface area contributed by atoms with E-state index in [4.69, 9.17) is 21.7 Å². The average molecular weight is 480 g/mol. The predicted molar refractivity (Wildman–Crippen MR) is 120 cm³/mol. The van der Waals surface area contributed by atoms with Gasteiger partial charge >= 0.3 is 0 Å². The van der Waals surface area contributed by atoms with Gasteiger partial charge in [-0.15, -0.1) is 0 Å². The molecule has 1 aliphatic heterocycles. The number of nitrogens with zero attached hydrogens (tertiary/aromatic N) is 1. The van der Waals surface area contributed by atoms with E-state index in [-0.39, 0.29) is 11.7 Å². The van der Waals surface area contributed by atoms with E-state index >= 15 is 0 Å². The molecule has 8 heteroatoms. The van der Waals surface area contributed by atoms with Crippen LogP contribution in [0.5, 0.6) is 17.2 Å². The Morgan fingerprint density at radius 2 is 1.86 bits per heavy atom. The van der Waals surface area contributed by atoms with Crippen molar-refractivity contribution >= 4 is 61.9 Å². The summed E-state index contributed by atoms with van der Waals surface area (Å²) in [4.78, 5) is 14.9. The van der Waals surface area contributed by atoms with Crippen molar-refractivity contribution in [1.82, 2.24) is 0 Å². The summed E-state index contributed by atoms with van der Waals surface area (Å²) in [5.74, 6) is 0.938. The number of phenolic OH excluding ortho intramolecular Hbond substituents is 1. The Bertz CT molecular complexity index is 944. The van der Waals surface area contributed by atoms with Crippen molar-refractivity contribution in [1.29, 1.82) is 0 Å². The minimum atomic E-state index is -0.197. The Hall–Kier alpha value is -2.03. The summed E-state index contributed by atoms with van der Waals surface area (Å²) in [6.45, 7) is 4.76. The van der Waals surface area contributed by atoms with Crippen LogP contribution in [-0.4, -0.2) is 28.5 Å². The predicted octanol–water partition coefficient (Wildman–Crippen LogP) is 5.36. The van der Waals surface area contributed by atoms with Crippen LogP contribution in [0, 0.1) is 0 Å². The molecule has 0 bridgehead atoms.